The number of likely N-dealkylation sites (N-methyl/N-ethyl adjacent to an activating group) is 1. The molecule has 4 nitrogen and oxygen atoms in total. The van der Waals surface area contributed by atoms with Gasteiger partial charge in [-0.15, -0.1) is 0 Å². The summed E-state index contributed by atoms with van der Waals surface area (Å²) in [7, 11) is 1.87. The highest BCUT2D eigenvalue weighted by atomic mass is 35.5. The minimum Gasteiger partial charge on any atom is -0.321 e. The van der Waals surface area contributed by atoms with Crippen molar-refractivity contribution in [3.63, 3.8) is 0 Å². The van der Waals surface area contributed by atoms with Gasteiger partial charge in [-0.25, -0.2) is 4.39 Å². The van der Waals surface area contributed by atoms with Crippen molar-refractivity contribution in [2.75, 3.05) is 7.05 Å². The molecule has 2 aliphatic rings. The van der Waals surface area contributed by atoms with Crippen molar-refractivity contribution >= 4 is 17.3 Å². The summed E-state index contributed by atoms with van der Waals surface area (Å²) in [5, 5.41) is 10.7. The van der Waals surface area contributed by atoms with Crippen LogP contribution in [0.3, 0.4) is 0 Å². The number of hydrogen-bond acceptors (Lipinski definition) is 4. The Morgan fingerprint density at radius 3 is 2.95 bits per heavy atom. The molecule has 0 radical (unpaired) electrons. The number of hydrazine groups is 1. The molecule has 3 rings (SSSR count). The highest BCUT2D eigenvalue weighted by molar-refractivity contribution is 6.35. The van der Waals surface area contributed by atoms with E-state index in [1.54, 1.807) is 12.1 Å². The van der Waals surface area contributed by atoms with Crippen LogP contribution < -0.4 is 5.43 Å². The van der Waals surface area contributed by atoms with Crippen LogP contribution in [0, 0.1) is 5.82 Å². The Balaban J connectivity index is 2.11. The lowest BCUT2D eigenvalue weighted by molar-refractivity contribution is 0.243. The fourth-order valence-corrected chi connectivity index (χ4v) is 2.68. The topological polar surface area (TPSA) is 40.0 Å². The molecule has 1 unspecified atom stereocenters. The number of azo groups is 1. The fraction of sp³-hybridized carbons (Fsp3) is 0.231. The normalized spacial score (nSPS) is 22.8. The number of nitrogens with zero attached hydrogens (tertiary/aromatic N) is 3. The van der Waals surface area contributed by atoms with Crippen LogP contribution in [0.5, 0.6) is 0 Å². The summed E-state index contributed by atoms with van der Waals surface area (Å²) in [6.45, 7) is 1.93. The lowest BCUT2D eigenvalue weighted by Gasteiger charge is -2.21. The Morgan fingerprint density at radius 2 is 2.21 bits per heavy atom. The second kappa shape index (κ2) is 4.43. The van der Waals surface area contributed by atoms with E-state index in [1.165, 1.54) is 12.1 Å². The summed E-state index contributed by atoms with van der Waals surface area (Å²) in [5.41, 5.74) is 6.09. The number of rotatable bonds is 1. The van der Waals surface area contributed by atoms with Crippen molar-refractivity contribution in [3.05, 3.63) is 51.9 Å². The molecule has 0 spiro atoms. The molecule has 0 fully saturated rings. The van der Waals surface area contributed by atoms with E-state index in [4.69, 9.17) is 11.6 Å². The van der Waals surface area contributed by atoms with Crippen LogP contribution in [-0.2, 0) is 0 Å². The largest absolute Gasteiger partial charge is 0.321 e. The molecule has 0 saturated carbocycles. The second-order valence-corrected chi connectivity index (χ2v) is 4.90. The third-order valence-corrected chi connectivity index (χ3v) is 3.57. The van der Waals surface area contributed by atoms with Gasteiger partial charge < -0.3 is 5.43 Å². The van der Waals surface area contributed by atoms with Crippen molar-refractivity contribution in [2.24, 2.45) is 10.2 Å². The molecule has 98 valence electrons. The van der Waals surface area contributed by atoms with Gasteiger partial charge >= 0.3 is 0 Å². The number of allylic oxidation sites excluding steroid dienone is 1. The average molecular weight is 279 g/mol. The van der Waals surface area contributed by atoms with E-state index in [2.05, 4.69) is 15.7 Å². The minimum absolute atomic E-state index is 0.218. The zero-order valence-electron chi connectivity index (χ0n) is 10.5. The van der Waals surface area contributed by atoms with Gasteiger partial charge in [-0.3, -0.25) is 0 Å². The van der Waals surface area contributed by atoms with Crippen LogP contribution in [0.15, 0.2) is 50.8 Å². The van der Waals surface area contributed by atoms with E-state index in [-0.39, 0.29) is 12.0 Å². The Kier molecular flexibility index (Phi) is 2.88. The Hall–Kier alpha value is -1.72. The van der Waals surface area contributed by atoms with Crippen molar-refractivity contribution in [3.8, 4) is 0 Å². The molecular weight excluding hydrogens is 267 g/mol. The molecule has 1 aromatic carbocycles. The van der Waals surface area contributed by atoms with E-state index in [0.717, 1.165) is 11.3 Å². The van der Waals surface area contributed by atoms with Crippen molar-refractivity contribution < 1.29 is 4.39 Å². The van der Waals surface area contributed by atoms with Gasteiger partial charge in [0.15, 0.2) is 6.17 Å². The van der Waals surface area contributed by atoms with Gasteiger partial charge in [0.25, 0.3) is 0 Å². The first kappa shape index (κ1) is 12.3. The number of halogens is 2. The van der Waals surface area contributed by atoms with Gasteiger partial charge in [0.2, 0.25) is 0 Å². The lowest BCUT2D eigenvalue weighted by Crippen LogP contribution is -2.34. The zero-order valence-corrected chi connectivity index (χ0v) is 11.2. The molecule has 0 aromatic heterocycles. The SMILES string of the molecule is CC1=C2C(Cl)=C(c3cccc(F)c3)N=NC2N(C)N1. The third-order valence-electron chi connectivity index (χ3n) is 3.18. The van der Waals surface area contributed by atoms with Crippen LogP contribution in [0.2, 0.25) is 0 Å². The standard InChI is InChI=1S/C13H12ClFN4/c1-7-10-11(14)12(8-4-3-5-9(15)6-8)16-17-13(10)19(2)18-7/h3-6,13,18H,1-2H3. The molecular formula is C13H12ClFN4. The van der Waals surface area contributed by atoms with Crippen LogP contribution in [0.25, 0.3) is 5.70 Å². The smallest absolute Gasteiger partial charge is 0.168 e. The van der Waals surface area contributed by atoms with Crippen LogP contribution >= 0.6 is 11.6 Å². The number of nitrogens with one attached hydrogen (secondary N) is 1. The first-order valence-electron chi connectivity index (χ1n) is 5.85. The summed E-state index contributed by atoms with van der Waals surface area (Å²) in [4.78, 5) is 0. The van der Waals surface area contributed by atoms with E-state index < -0.39 is 0 Å². The Labute approximate surface area is 115 Å². The highest BCUT2D eigenvalue weighted by Crippen LogP contribution is 2.39. The molecule has 0 aliphatic carbocycles. The van der Waals surface area contributed by atoms with Crippen molar-refractivity contribution in [1.82, 2.24) is 10.4 Å². The summed E-state index contributed by atoms with van der Waals surface area (Å²) >= 11 is 6.41. The molecule has 2 aliphatic heterocycles. The van der Waals surface area contributed by atoms with Gasteiger partial charge in [-0.05, 0) is 19.1 Å². The van der Waals surface area contributed by atoms with Crippen molar-refractivity contribution in [2.45, 2.75) is 13.1 Å². The molecule has 6 heteroatoms. The van der Waals surface area contributed by atoms with Crippen LogP contribution in [0.4, 0.5) is 4.39 Å². The second-order valence-electron chi connectivity index (χ2n) is 4.52. The summed E-state index contributed by atoms with van der Waals surface area (Å²) in [6, 6.07) is 6.18. The van der Waals surface area contributed by atoms with Crippen LogP contribution in [-0.4, -0.2) is 18.2 Å². The highest BCUT2D eigenvalue weighted by Gasteiger charge is 2.34. The first-order chi connectivity index (χ1) is 9.08. The predicted octanol–water partition coefficient (Wildman–Crippen LogP) is 3.25. The quantitative estimate of drug-likeness (QED) is 0.856. The van der Waals surface area contributed by atoms with Gasteiger partial charge in [-0.2, -0.15) is 15.2 Å². The van der Waals surface area contributed by atoms with Crippen LogP contribution in [0.1, 0.15) is 12.5 Å². The van der Waals surface area contributed by atoms with Gasteiger partial charge in [0, 0.05) is 23.9 Å². The molecule has 19 heavy (non-hydrogen) atoms. The summed E-state index contributed by atoms with van der Waals surface area (Å²) in [6.07, 6.45) is -0.218. The maximum Gasteiger partial charge on any atom is 0.168 e. The first-order valence-corrected chi connectivity index (χ1v) is 6.23. The number of benzene rings is 1. The zero-order chi connectivity index (χ0) is 13.6. The lowest BCUT2D eigenvalue weighted by atomic mass is 10.1. The Morgan fingerprint density at radius 1 is 1.42 bits per heavy atom. The molecule has 1 atom stereocenters. The average Bonchev–Trinajstić information content (AvgIpc) is 2.66. The van der Waals surface area contributed by atoms with Gasteiger partial charge in [-0.1, -0.05) is 23.7 Å². The van der Waals surface area contributed by atoms with Gasteiger partial charge in [0.1, 0.15) is 11.5 Å². The summed E-state index contributed by atoms with van der Waals surface area (Å²) in [5.74, 6) is -0.320. The van der Waals surface area contributed by atoms with Gasteiger partial charge in [0.05, 0.1) is 5.03 Å². The van der Waals surface area contributed by atoms with E-state index in [0.29, 0.717) is 16.3 Å². The maximum absolute atomic E-state index is 13.3. The van der Waals surface area contributed by atoms with Crippen molar-refractivity contribution in [1.29, 1.82) is 0 Å². The minimum atomic E-state index is -0.320. The molecule has 1 aromatic rings. The monoisotopic (exact) mass is 278 g/mol. The molecule has 0 bridgehead atoms. The van der Waals surface area contributed by atoms with E-state index >= 15 is 0 Å². The maximum atomic E-state index is 13.3. The number of fused-ring (bicyclic) bond motifs is 1. The Bertz CT molecular complexity index is 635. The fourth-order valence-electron chi connectivity index (χ4n) is 2.29. The third kappa shape index (κ3) is 1.95. The molecule has 2 heterocycles. The molecule has 1 N–H and O–H groups in total. The molecule has 0 saturated heterocycles. The number of hydrogen-bond donors (Lipinski definition) is 1. The predicted molar refractivity (Wildman–Crippen MR) is 71.4 cm³/mol. The van der Waals surface area contributed by atoms with E-state index in [1.807, 2.05) is 19.0 Å². The summed E-state index contributed by atoms with van der Waals surface area (Å²) < 4.78 is 13.3. The molecule has 0 amide bonds. The van der Waals surface area contributed by atoms with E-state index in [9.17, 15) is 4.39 Å².